The lowest BCUT2D eigenvalue weighted by Crippen LogP contribution is -2.51. The zero-order valence-corrected chi connectivity index (χ0v) is 18.2. The normalized spacial score (nSPS) is 18.1. The van der Waals surface area contributed by atoms with Gasteiger partial charge in [-0.2, -0.15) is 0 Å². The van der Waals surface area contributed by atoms with Crippen LogP contribution in [0.5, 0.6) is 5.75 Å². The summed E-state index contributed by atoms with van der Waals surface area (Å²) in [5.74, 6) is -0.450. The SMILES string of the molecule is C#Cc1cccc(Nc2ncnc3cc(OC)c(CO[C@@H]4CCN(C)CC4(F)F)cc23)c1F. The monoisotopic (exact) mass is 456 g/mol. The second-order valence-electron chi connectivity index (χ2n) is 7.93. The van der Waals surface area contributed by atoms with Crippen LogP contribution in [0.15, 0.2) is 36.7 Å². The number of likely N-dealkylation sites (tertiary alicyclic amines) is 1. The molecule has 0 amide bonds. The summed E-state index contributed by atoms with van der Waals surface area (Å²) >= 11 is 0. The number of rotatable bonds is 6. The Hall–Kier alpha value is -3.35. The number of aromatic nitrogens is 2. The third-order valence-corrected chi connectivity index (χ3v) is 5.61. The third-order valence-electron chi connectivity index (χ3n) is 5.61. The highest BCUT2D eigenvalue weighted by atomic mass is 19.3. The maximum Gasteiger partial charge on any atom is 0.286 e. The van der Waals surface area contributed by atoms with Crippen molar-refractivity contribution in [3.63, 3.8) is 0 Å². The fourth-order valence-corrected chi connectivity index (χ4v) is 3.88. The van der Waals surface area contributed by atoms with Crippen LogP contribution in [0.1, 0.15) is 17.5 Å². The van der Waals surface area contributed by atoms with E-state index >= 15 is 0 Å². The van der Waals surface area contributed by atoms with Gasteiger partial charge in [0.1, 0.15) is 24.0 Å². The number of anilines is 2. The van der Waals surface area contributed by atoms with E-state index in [1.807, 2.05) is 0 Å². The maximum absolute atomic E-state index is 14.6. The van der Waals surface area contributed by atoms with Gasteiger partial charge in [-0.3, -0.25) is 0 Å². The van der Waals surface area contributed by atoms with E-state index in [2.05, 4.69) is 21.2 Å². The molecular weight excluding hydrogens is 433 g/mol. The molecule has 1 aliphatic rings. The molecule has 2 aromatic carbocycles. The number of nitrogens with one attached hydrogen (secondary N) is 1. The van der Waals surface area contributed by atoms with Crippen LogP contribution in [-0.4, -0.2) is 54.1 Å². The number of nitrogens with zero attached hydrogens (tertiary/aromatic N) is 3. The Morgan fingerprint density at radius 3 is 2.85 bits per heavy atom. The van der Waals surface area contributed by atoms with Crippen molar-refractivity contribution < 1.29 is 22.6 Å². The molecule has 172 valence electrons. The lowest BCUT2D eigenvalue weighted by molar-refractivity contribution is -0.174. The van der Waals surface area contributed by atoms with E-state index in [-0.39, 0.29) is 30.8 Å². The van der Waals surface area contributed by atoms with Gasteiger partial charge in [-0.05, 0) is 31.7 Å². The molecule has 1 fully saturated rings. The zero-order valence-electron chi connectivity index (χ0n) is 18.2. The molecule has 2 heterocycles. The molecule has 1 N–H and O–H groups in total. The Balaban J connectivity index is 1.65. The topological polar surface area (TPSA) is 59.5 Å². The molecule has 0 radical (unpaired) electrons. The van der Waals surface area contributed by atoms with Crippen LogP contribution >= 0.6 is 0 Å². The Labute approximate surface area is 189 Å². The summed E-state index contributed by atoms with van der Waals surface area (Å²) in [6, 6.07) is 8.04. The van der Waals surface area contributed by atoms with E-state index < -0.39 is 17.8 Å². The van der Waals surface area contributed by atoms with E-state index in [0.717, 1.165) is 0 Å². The van der Waals surface area contributed by atoms with Crippen LogP contribution in [0.3, 0.4) is 0 Å². The predicted molar refractivity (Wildman–Crippen MR) is 119 cm³/mol. The molecule has 1 saturated heterocycles. The number of terminal acetylenes is 1. The van der Waals surface area contributed by atoms with Gasteiger partial charge in [0.05, 0.1) is 37.0 Å². The van der Waals surface area contributed by atoms with Crippen molar-refractivity contribution in [1.29, 1.82) is 0 Å². The first-order chi connectivity index (χ1) is 15.8. The standard InChI is InChI=1S/C24H23F3N4O2/c1-4-15-6-5-7-18(22(15)25)30-23-17-10-16(20(32-3)11-19(17)28-14-29-23)12-33-21-8-9-31(2)13-24(21,26)27/h1,5-7,10-11,14,21H,8-9,12-13H2,2-3H3,(H,28,29,30)/t21-/m1/s1. The number of piperidine rings is 1. The number of hydrogen-bond acceptors (Lipinski definition) is 6. The van der Waals surface area contributed by atoms with Crippen LogP contribution in [0.2, 0.25) is 0 Å². The molecule has 1 atom stereocenters. The fourth-order valence-electron chi connectivity index (χ4n) is 3.88. The molecule has 1 aromatic heterocycles. The van der Waals surface area contributed by atoms with E-state index in [1.165, 1.54) is 19.5 Å². The average Bonchev–Trinajstić information content (AvgIpc) is 2.79. The van der Waals surface area contributed by atoms with Crippen molar-refractivity contribution in [2.45, 2.75) is 25.1 Å². The summed E-state index contributed by atoms with van der Waals surface area (Å²) < 4.78 is 54.5. The largest absolute Gasteiger partial charge is 0.496 e. The lowest BCUT2D eigenvalue weighted by Gasteiger charge is -2.36. The lowest BCUT2D eigenvalue weighted by atomic mass is 10.0. The first-order valence-electron chi connectivity index (χ1n) is 10.3. The van der Waals surface area contributed by atoms with Gasteiger partial charge in [-0.25, -0.2) is 23.1 Å². The summed E-state index contributed by atoms with van der Waals surface area (Å²) in [5, 5.41) is 3.50. The van der Waals surface area contributed by atoms with Gasteiger partial charge >= 0.3 is 0 Å². The second-order valence-corrected chi connectivity index (χ2v) is 7.93. The third kappa shape index (κ3) is 4.72. The number of halogens is 3. The van der Waals surface area contributed by atoms with Gasteiger partial charge in [-0.1, -0.05) is 12.0 Å². The van der Waals surface area contributed by atoms with Crippen molar-refractivity contribution in [1.82, 2.24) is 14.9 Å². The molecular formula is C24H23F3N4O2. The van der Waals surface area contributed by atoms with Gasteiger partial charge in [0.2, 0.25) is 0 Å². The maximum atomic E-state index is 14.6. The molecule has 0 aliphatic carbocycles. The highest BCUT2D eigenvalue weighted by Crippen LogP contribution is 2.34. The summed E-state index contributed by atoms with van der Waals surface area (Å²) in [5.41, 5.74) is 1.36. The molecule has 4 rings (SSSR count). The Kier molecular flexibility index (Phi) is 6.40. The fraction of sp³-hybridized carbons (Fsp3) is 0.333. The predicted octanol–water partition coefficient (Wildman–Crippen LogP) is 4.36. The highest BCUT2D eigenvalue weighted by molar-refractivity contribution is 5.92. The van der Waals surface area contributed by atoms with Crippen LogP contribution in [0, 0.1) is 18.2 Å². The van der Waals surface area contributed by atoms with E-state index in [1.54, 1.807) is 36.2 Å². The van der Waals surface area contributed by atoms with Crippen LogP contribution in [0.4, 0.5) is 24.7 Å². The van der Waals surface area contributed by atoms with E-state index in [0.29, 0.717) is 34.6 Å². The molecule has 6 nitrogen and oxygen atoms in total. The van der Waals surface area contributed by atoms with Gasteiger partial charge in [0, 0.05) is 23.6 Å². The number of hydrogen-bond donors (Lipinski definition) is 1. The smallest absolute Gasteiger partial charge is 0.286 e. The van der Waals surface area contributed by atoms with Gasteiger partial charge < -0.3 is 19.7 Å². The van der Waals surface area contributed by atoms with E-state index in [9.17, 15) is 13.2 Å². The van der Waals surface area contributed by atoms with Gasteiger partial charge in [-0.15, -0.1) is 6.42 Å². The summed E-state index contributed by atoms with van der Waals surface area (Å²) in [6.07, 6.45) is 5.71. The van der Waals surface area contributed by atoms with Crippen molar-refractivity contribution >= 4 is 22.4 Å². The number of alkyl halides is 2. The molecule has 3 aromatic rings. The summed E-state index contributed by atoms with van der Waals surface area (Å²) in [4.78, 5) is 10.1. The van der Waals surface area contributed by atoms with Gasteiger partial charge in [0.15, 0.2) is 5.82 Å². The van der Waals surface area contributed by atoms with Crippen molar-refractivity contribution in [2.75, 3.05) is 32.6 Å². The molecule has 9 heteroatoms. The minimum atomic E-state index is -2.95. The quantitative estimate of drug-likeness (QED) is 0.557. The van der Waals surface area contributed by atoms with Crippen LogP contribution in [-0.2, 0) is 11.3 Å². The Morgan fingerprint density at radius 2 is 2.12 bits per heavy atom. The minimum absolute atomic E-state index is 0.0850. The van der Waals surface area contributed by atoms with E-state index in [4.69, 9.17) is 15.9 Å². The number of fused-ring (bicyclic) bond motifs is 1. The Bertz CT molecular complexity index is 1210. The van der Waals surface area contributed by atoms with Crippen molar-refractivity contribution in [3.05, 3.63) is 53.6 Å². The van der Waals surface area contributed by atoms with Gasteiger partial charge in [0.25, 0.3) is 5.92 Å². The molecule has 0 saturated carbocycles. The first-order valence-corrected chi connectivity index (χ1v) is 10.3. The summed E-state index contributed by atoms with van der Waals surface area (Å²) in [6.45, 7) is 0.0916. The minimum Gasteiger partial charge on any atom is -0.496 e. The molecule has 0 spiro atoms. The average molecular weight is 456 g/mol. The second kappa shape index (κ2) is 9.25. The zero-order chi connectivity index (χ0) is 23.6. The number of ether oxygens (including phenoxy) is 2. The molecule has 1 aliphatic heterocycles. The van der Waals surface area contributed by atoms with Crippen LogP contribution in [0.25, 0.3) is 10.9 Å². The number of benzene rings is 2. The van der Waals surface area contributed by atoms with Crippen molar-refractivity contribution in [3.8, 4) is 18.1 Å². The number of methoxy groups -OCH3 is 1. The molecule has 0 unspecified atom stereocenters. The summed E-state index contributed by atoms with van der Waals surface area (Å²) in [7, 11) is 3.14. The molecule has 0 bridgehead atoms. The van der Waals surface area contributed by atoms with Crippen molar-refractivity contribution in [2.24, 2.45) is 0 Å². The molecule has 33 heavy (non-hydrogen) atoms. The Morgan fingerprint density at radius 1 is 1.30 bits per heavy atom. The van der Waals surface area contributed by atoms with Crippen LogP contribution < -0.4 is 10.1 Å². The first kappa shape index (κ1) is 22.8. The highest BCUT2D eigenvalue weighted by Gasteiger charge is 2.44.